The number of carbonyl (C=O) groups excluding carboxylic acids is 1. The minimum absolute atomic E-state index is 0.130. The lowest BCUT2D eigenvalue weighted by Crippen LogP contribution is -2.26. The van der Waals surface area contributed by atoms with Crippen LogP contribution in [-0.4, -0.2) is 24.3 Å². The van der Waals surface area contributed by atoms with Crippen molar-refractivity contribution < 1.29 is 9.18 Å². The van der Waals surface area contributed by atoms with Gasteiger partial charge in [0.15, 0.2) is 5.78 Å². The fourth-order valence-corrected chi connectivity index (χ4v) is 2.50. The topological polar surface area (TPSA) is 20.3 Å². The summed E-state index contributed by atoms with van der Waals surface area (Å²) in [4.78, 5) is 14.1. The molecule has 2 aromatic carbocycles. The monoisotopic (exact) mass is 313 g/mol. The first-order valence-corrected chi connectivity index (χ1v) is 7.83. The highest BCUT2D eigenvalue weighted by Gasteiger charge is 2.15. The summed E-state index contributed by atoms with van der Waals surface area (Å²) in [5.74, 6) is -0.655. The van der Waals surface area contributed by atoms with Gasteiger partial charge in [0.25, 0.3) is 0 Å². The zero-order chi connectivity index (χ0) is 17.0. The van der Waals surface area contributed by atoms with Crippen molar-refractivity contribution in [2.45, 2.75) is 32.7 Å². The van der Waals surface area contributed by atoms with E-state index in [-0.39, 0.29) is 23.3 Å². The van der Waals surface area contributed by atoms with Gasteiger partial charge in [-0.15, -0.1) is 0 Å². The van der Waals surface area contributed by atoms with Gasteiger partial charge in [-0.05, 0) is 35.7 Å². The maximum atomic E-state index is 13.6. The van der Waals surface area contributed by atoms with Crippen molar-refractivity contribution in [3.8, 4) is 0 Å². The van der Waals surface area contributed by atoms with Crippen molar-refractivity contribution >= 4 is 5.78 Å². The zero-order valence-electron chi connectivity index (χ0n) is 14.3. The Morgan fingerprint density at radius 2 is 1.65 bits per heavy atom. The van der Waals surface area contributed by atoms with E-state index in [9.17, 15) is 9.18 Å². The molecule has 0 heterocycles. The Hall–Kier alpha value is -2.00. The van der Waals surface area contributed by atoms with Crippen LogP contribution in [0.15, 0.2) is 48.5 Å². The van der Waals surface area contributed by atoms with E-state index in [0.29, 0.717) is 6.54 Å². The maximum absolute atomic E-state index is 13.6. The molecule has 0 aliphatic rings. The first-order valence-electron chi connectivity index (χ1n) is 7.83. The minimum atomic E-state index is -0.458. The van der Waals surface area contributed by atoms with Crippen molar-refractivity contribution in [3.63, 3.8) is 0 Å². The molecular weight excluding hydrogens is 289 g/mol. The third kappa shape index (κ3) is 4.73. The molecule has 23 heavy (non-hydrogen) atoms. The van der Waals surface area contributed by atoms with Crippen LogP contribution in [0.2, 0.25) is 0 Å². The molecule has 0 bridgehead atoms. The first-order chi connectivity index (χ1) is 10.8. The van der Waals surface area contributed by atoms with Crippen LogP contribution in [0.1, 0.15) is 42.3 Å². The third-order valence-electron chi connectivity index (χ3n) is 3.86. The van der Waals surface area contributed by atoms with Crippen LogP contribution in [-0.2, 0) is 12.0 Å². The maximum Gasteiger partial charge on any atom is 0.179 e. The third-order valence-corrected chi connectivity index (χ3v) is 3.86. The Bertz CT molecular complexity index is 671. The molecule has 0 spiro atoms. The average molecular weight is 313 g/mol. The second kappa shape index (κ2) is 7.05. The van der Waals surface area contributed by atoms with Crippen molar-refractivity contribution in [2.24, 2.45) is 0 Å². The predicted octanol–water partition coefficient (Wildman–Crippen LogP) is 4.44. The lowest BCUT2D eigenvalue weighted by molar-refractivity contribution is 0.0939. The number of ketones is 1. The lowest BCUT2D eigenvalue weighted by Gasteiger charge is -2.20. The van der Waals surface area contributed by atoms with E-state index in [1.807, 2.05) is 11.9 Å². The summed E-state index contributed by atoms with van der Waals surface area (Å²) in [5, 5.41) is 0. The molecule has 0 fully saturated rings. The number of Topliss-reactive ketones (excluding diaryl/α,β-unsaturated/α-hetero) is 1. The Labute approximate surface area is 137 Å². The van der Waals surface area contributed by atoms with Crippen molar-refractivity contribution in [2.75, 3.05) is 13.6 Å². The summed E-state index contributed by atoms with van der Waals surface area (Å²) in [6.45, 7) is 7.40. The molecule has 0 saturated heterocycles. The summed E-state index contributed by atoms with van der Waals surface area (Å²) < 4.78 is 13.6. The SMILES string of the molecule is CN(CC(=O)c1ccccc1F)Cc1ccc(C(C)(C)C)cc1. The zero-order valence-corrected chi connectivity index (χ0v) is 14.3. The number of halogens is 1. The Kier molecular flexibility index (Phi) is 5.32. The number of carbonyl (C=O) groups is 1. The van der Waals surface area contributed by atoms with Crippen LogP contribution in [0.5, 0.6) is 0 Å². The van der Waals surface area contributed by atoms with Crippen LogP contribution in [0.3, 0.4) is 0 Å². The van der Waals surface area contributed by atoms with Gasteiger partial charge in [-0.25, -0.2) is 4.39 Å². The van der Waals surface area contributed by atoms with Gasteiger partial charge in [0.05, 0.1) is 12.1 Å². The molecule has 2 nitrogen and oxygen atoms in total. The van der Waals surface area contributed by atoms with Crippen molar-refractivity contribution in [1.82, 2.24) is 4.90 Å². The summed E-state index contributed by atoms with van der Waals surface area (Å²) >= 11 is 0. The van der Waals surface area contributed by atoms with Gasteiger partial charge < -0.3 is 0 Å². The number of likely N-dealkylation sites (N-methyl/N-ethyl adjacent to an activating group) is 1. The fraction of sp³-hybridized carbons (Fsp3) is 0.350. The molecule has 3 heteroatoms. The normalized spacial score (nSPS) is 11.7. The van der Waals surface area contributed by atoms with Crippen LogP contribution >= 0.6 is 0 Å². The largest absolute Gasteiger partial charge is 0.295 e. The number of benzene rings is 2. The Morgan fingerprint density at radius 3 is 2.22 bits per heavy atom. The highest BCUT2D eigenvalue weighted by Crippen LogP contribution is 2.22. The van der Waals surface area contributed by atoms with Gasteiger partial charge in [0.2, 0.25) is 0 Å². The quantitative estimate of drug-likeness (QED) is 0.761. The Balaban J connectivity index is 1.98. The van der Waals surface area contributed by atoms with Gasteiger partial charge in [-0.1, -0.05) is 57.2 Å². The first kappa shape index (κ1) is 17.4. The minimum Gasteiger partial charge on any atom is -0.295 e. The van der Waals surface area contributed by atoms with Gasteiger partial charge in [0.1, 0.15) is 5.82 Å². The van der Waals surface area contributed by atoms with Crippen molar-refractivity contribution in [1.29, 1.82) is 0 Å². The average Bonchev–Trinajstić information content (AvgIpc) is 2.47. The summed E-state index contributed by atoms with van der Waals surface area (Å²) in [7, 11) is 1.87. The molecule has 0 aliphatic carbocycles. The summed E-state index contributed by atoms with van der Waals surface area (Å²) in [6.07, 6.45) is 0. The van der Waals surface area contributed by atoms with E-state index >= 15 is 0 Å². The van der Waals surface area contributed by atoms with E-state index in [1.165, 1.54) is 17.7 Å². The molecule has 0 atom stereocenters. The van der Waals surface area contributed by atoms with Crippen molar-refractivity contribution in [3.05, 3.63) is 71.0 Å². The summed E-state index contributed by atoms with van der Waals surface area (Å²) in [5.41, 5.74) is 2.71. The predicted molar refractivity (Wildman–Crippen MR) is 92.2 cm³/mol. The molecule has 0 saturated carbocycles. The Morgan fingerprint density at radius 1 is 1.04 bits per heavy atom. The molecule has 122 valence electrons. The standard InChI is InChI=1S/C20H24FNO/c1-20(2,3)16-11-9-15(10-12-16)13-22(4)14-19(23)17-7-5-6-8-18(17)21/h5-12H,13-14H2,1-4H3. The molecule has 0 radical (unpaired) electrons. The molecule has 0 unspecified atom stereocenters. The van der Waals surface area contributed by atoms with E-state index in [1.54, 1.807) is 12.1 Å². The number of rotatable bonds is 5. The van der Waals surface area contributed by atoms with Crippen LogP contribution in [0.25, 0.3) is 0 Å². The molecule has 0 N–H and O–H groups in total. The number of hydrogen-bond acceptors (Lipinski definition) is 2. The molecule has 2 rings (SSSR count). The lowest BCUT2D eigenvalue weighted by atomic mass is 9.87. The fourth-order valence-electron chi connectivity index (χ4n) is 2.50. The number of hydrogen-bond donors (Lipinski definition) is 0. The molecule has 0 aliphatic heterocycles. The van der Waals surface area contributed by atoms with Crippen LogP contribution in [0, 0.1) is 5.82 Å². The van der Waals surface area contributed by atoms with E-state index < -0.39 is 5.82 Å². The van der Waals surface area contributed by atoms with E-state index in [0.717, 1.165) is 5.56 Å². The van der Waals surface area contributed by atoms with Gasteiger partial charge in [-0.3, -0.25) is 9.69 Å². The number of nitrogens with zero attached hydrogens (tertiary/aromatic N) is 1. The highest BCUT2D eigenvalue weighted by atomic mass is 19.1. The van der Waals surface area contributed by atoms with Gasteiger partial charge in [0, 0.05) is 6.54 Å². The van der Waals surface area contributed by atoms with Crippen LogP contribution < -0.4 is 0 Å². The van der Waals surface area contributed by atoms with E-state index in [2.05, 4.69) is 45.0 Å². The summed E-state index contributed by atoms with van der Waals surface area (Å²) in [6, 6.07) is 14.6. The molecule has 0 aromatic heterocycles. The second-order valence-electron chi connectivity index (χ2n) is 7.02. The highest BCUT2D eigenvalue weighted by molar-refractivity contribution is 5.97. The molecule has 0 amide bonds. The molecular formula is C20H24FNO. The smallest absolute Gasteiger partial charge is 0.179 e. The molecule has 2 aromatic rings. The second-order valence-corrected chi connectivity index (χ2v) is 7.02. The van der Waals surface area contributed by atoms with E-state index in [4.69, 9.17) is 0 Å². The van der Waals surface area contributed by atoms with Crippen LogP contribution in [0.4, 0.5) is 4.39 Å². The van der Waals surface area contributed by atoms with Gasteiger partial charge >= 0.3 is 0 Å². The van der Waals surface area contributed by atoms with Gasteiger partial charge in [-0.2, -0.15) is 0 Å².